The fraction of sp³-hybridized carbons (Fsp3) is 0.412. The minimum Gasteiger partial charge on any atom is -0.324 e. The molecule has 0 fully saturated rings. The number of carbonyl (C=O) groups excluding carboxylic acids is 1. The van der Waals surface area contributed by atoms with E-state index in [1.165, 1.54) is 0 Å². The van der Waals surface area contributed by atoms with Crippen molar-refractivity contribution in [3.63, 3.8) is 0 Å². The first-order valence-electron chi connectivity index (χ1n) is 7.48. The molecular formula is C17H24N4O. The first-order chi connectivity index (χ1) is 10.3. The highest BCUT2D eigenvalue weighted by atomic mass is 16.1. The molecule has 1 aromatic carbocycles. The maximum Gasteiger partial charge on any atom is 0.227 e. The molecule has 0 radical (unpaired) electrons. The summed E-state index contributed by atoms with van der Waals surface area (Å²) in [6.07, 6.45) is 1.10. The Bertz CT molecular complexity index is 613. The van der Waals surface area contributed by atoms with E-state index in [4.69, 9.17) is 5.73 Å². The number of H-pyrrole nitrogens is 1. The third kappa shape index (κ3) is 5.00. The van der Waals surface area contributed by atoms with Crippen molar-refractivity contribution < 1.29 is 4.79 Å². The van der Waals surface area contributed by atoms with Gasteiger partial charge in [0.2, 0.25) is 5.91 Å². The summed E-state index contributed by atoms with van der Waals surface area (Å²) in [6.45, 7) is 6.47. The lowest BCUT2D eigenvalue weighted by atomic mass is 9.91. The van der Waals surface area contributed by atoms with Gasteiger partial charge in [-0.15, -0.1) is 0 Å². The zero-order valence-electron chi connectivity index (χ0n) is 13.4. The molecule has 1 aromatic heterocycles. The summed E-state index contributed by atoms with van der Waals surface area (Å²) < 4.78 is 0. The van der Waals surface area contributed by atoms with Gasteiger partial charge in [-0.3, -0.25) is 9.89 Å². The van der Waals surface area contributed by atoms with Crippen molar-refractivity contribution in [1.29, 1.82) is 0 Å². The second-order valence-corrected chi connectivity index (χ2v) is 6.79. The second kappa shape index (κ2) is 6.75. The standard InChI is InChI=1S/C17H24N4O/c1-17(2,3)11-13-9-15(21-20-13)19-16(22)10-14(18)12-7-5-4-6-8-12/h4-9,14H,10-11,18H2,1-3H3,(H2,19,20,21,22). The number of rotatable bonds is 5. The number of nitrogens with zero attached hydrogens (tertiary/aromatic N) is 1. The SMILES string of the molecule is CC(C)(C)Cc1cc(NC(=O)CC(N)c2ccccc2)n[nH]1. The summed E-state index contributed by atoms with van der Waals surface area (Å²) in [5.74, 6) is 0.412. The fourth-order valence-corrected chi connectivity index (χ4v) is 2.30. The summed E-state index contributed by atoms with van der Waals surface area (Å²) in [5, 5.41) is 9.87. The summed E-state index contributed by atoms with van der Waals surface area (Å²) >= 11 is 0. The molecule has 4 N–H and O–H groups in total. The lowest BCUT2D eigenvalue weighted by Gasteiger charge is -2.15. The topological polar surface area (TPSA) is 83.8 Å². The highest BCUT2D eigenvalue weighted by Gasteiger charge is 2.15. The van der Waals surface area contributed by atoms with E-state index in [1.807, 2.05) is 36.4 Å². The zero-order chi connectivity index (χ0) is 16.2. The molecule has 5 nitrogen and oxygen atoms in total. The number of hydrogen-bond acceptors (Lipinski definition) is 3. The van der Waals surface area contributed by atoms with Crippen molar-refractivity contribution in [1.82, 2.24) is 10.2 Å². The summed E-state index contributed by atoms with van der Waals surface area (Å²) in [6, 6.07) is 11.2. The molecule has 1 amide bonds. The molecule has 2 aromatic rings. The van der Waals surface area contributed by atoms with Crippen LogP contribution in [0, 0.1) is 5.41 Å². The van der Waals surface area contributed by atoms with Crippen LogP contribution in [0.25, 0.3) is 0 Å². The molecule has 0 spiro atoms. The lowest BCUT2D eigenvalue weighted by molar-refractivity contribution is -0.116. The lowest BCUT2D eigenvalue weighted by Crippen LogP contribution is -2.20. The number of aromatic amines is 1. The van der Waals surface area contributed by atoms with Gasteiger partial charge in [-0.05, 0) is 17.4 Å². The Morgan fingerprint density at radius 1 is 1.32 bits per heavy atom. The Kier molecular flexibility index (Phi) is 4.98. The van der Waals surface area contributed by atoms with E-state index in [0.29, 0.717) is 5.82 Å². The predicted molar refractivity (Wildman–Crippen MR) is 88.4 cm³/mol. The first-order valence-corrected chi connectivity index (χ1v) is 7.48. The van der Waals surface area contributed by atoms with E-state index in [2.05, 4.69) is 36.3 Å². The number of hydrogen-bond donors (Lipinski definition) is 3. The summed E-state index contributed by atoms with van der Waals surface area (Å²) in [7, 11) is 0. The molecule has 22 heavy (non-hydrogen) atoms. The highest BCUT2D eigenvalue weighted by molar-refractivity contribution is 5.90. The molecule has 0 saturated heterocycles. The number of nitrogens with one attached hydrogen (secondary N) is 2. The first kappa shape index (κ1) is 16.2. The number of benzene rings is 1. The van der Waals surface area contributed by atoms with E-state index >= 15 is 0 Å². The molecule has 1 atom stereocenters. The van der Waals surface area contributed by atoms with E-state index in [1.54, 1.807) is 0 Å². The van der Waals surface area contributed by atoms with E-state index < -0.39 is 0 Å². The van der Waals surface area contributed by atoms with E-state index in [0.717, 1.165) is 17.7 Å². The molecule has 1 unspecified atom stereocenters. The van der Waals surface area contributed by atoms with Gasteiger partial charge in [-0.2, -0.15) is 5.10 Å². The minimum atomic E-state index is -0.311. The Hall–Kier alpha value is -2.14. The number of nitrogens with two attached hydrogens (primary N) is 1. The van der Waals surface area contributed by atoms with Crippen molar-refractivity contribution in [2.75, 3.05) is 5.32 Å². The maximum absolute atomic E-state index is 12.0. The number of anilines is 1. The predicted octanol–water partition coefficient (Wildman–Crippen LogP) is 3.03. The maximum atomic E-state index is 12.0. The number of aromatic nitrogens is 2. The molecule has 0 aliphatic heterocycles. The third-order valence-corrected chi connectivity index (χ3v) is 3.25. The molecule has 0 saturated carbocycles. The van der Waals surface area contributed by atoms with Crippen LogP contribution in [0.15, 0.2) is 36.4 Å². The van der Waals surface area contributed by atoms with Crippen LogP contribution in [-0.4, -0.2) is 16.1 Å². The number of carbonyl (C=O) groups is 1. The van der Waals surface area contributed by atoms with Crippen LogP contribution in [-0.2, 0) is 11.2 Å². The zero-order valence-corrected chi connectivity index (χ0v) is 13.4. The van der Waals surface area contributed by atoms with Crippen molar-refractivity contribution in [3.05, 3.63) is 47.7 Å². The molecule has 5 heteroatoms. The Morgan fingerprint density at radius 3 is 2.64 bits per heavy atom. The quantitative estimate of drug-likeness (QED) is 0.793. The average Bonchev–Trinajstić information content (AvgIpc) is 2.84. The Labute approximate surface area is 131 Å². The van der Waals surface area contributed by atoms with Crippen LogP contribution in [0.5, 0.6) is 0 Å². The van der Waals surface area contributed by atoms with Crippen LogP contribution in [0.3, 0.4) is 0 Å². The van der Waals surface area contributed by atoms with Gasteiger partial charge in [-0.25, -0.2) is 0 Å². The molecule has 2 rings (SSSR count). The number of amides is 1. The van der Waals surface area contributed by atoms with Crippen LogP contribution in [0.1, 0.15) is 44.5 Å². The highest BCUT2D eigenvalue weighted by Crippen LogP contribution is 2.21. The van der Waals surface area contributed by atoms with Crippen LogP contribution in [0.2, 0.25) is 0 Å². The van der Waals surface area contributed by atoms with Crippen molar-refractivity contribution in [2.24, 2.45) is 11.1 Å². The van der Waals surface area contributed by atoms with Gasteiger partial charge in [0, 0.05) is 24.2 Å². The monoisotopic (exact) mass is 300 g/mol. The average molecular weight is 300 g/mol. The normalized spacial score (nSPS) is 12.9. The summed E-state index contributed by atoms with van der Waals surface area (Å²) in [5.41, 5.74) is 8.18. The van der Waals surface area contributed by atoms with Crippen molar-refractivity contribution in [3.8, 4) is 0 Å². The van der Waals surface area contributed by atoms with Crippen molar-refractivity contribution >= 4 is 11.7 Å². The smallest absolute Gasteiger partial charge is 0.227 e. The largest absolute Gasteiger partial charge is 0.324 e. The van der Waals surface area contributed by atoms with Crippen LogP contribution < -0.4 is 11.1 Å². The van der Waals surface area contributed by atoms with Gasteiger partial charge in [0.15, 0.2) is 5.82 Å². The second-order valence-electron chi connectivity index (χ2n) is 6.79. The van der Waals surface area contributed by atoms with Gasteiger partial charge in [0.1, 0.15) is 0 Å². The Morgan fingerprint density at radius 2 is 2.00 bits per heavy atom. The van der Waals surface area contributed by atoms with E-state index in [9.17, 15) is 4.79 Å². The minimum absolute atomic E-state index is 0.134. The molecular weight excluding hydrogens is 276 g/mol. The molecule has 118 valence electrons. The van der Waals surface area contributed by atoms with Gasteiger partial charge in [0.05, 0.1) is 0 Å². The summed E-state index contributed by atoms with van der Waals surface area (Å²) in [4.78, 5) is 12.0. The fourth-order valence-electron chi connectivity index (χ4n) is 2.30. The molecule has 1 heterocycles. The van der Waals surface area contributed by atoms with Gasteiger partial charge in [0.25, 0.3) is 0 Å². The van der Waals surface area contributed by atoms with Crippen LogP contribution >= 0.6 is 0 Å². The van der Waals surface area contributed by atoms with Gasteiger partial charge in [-0.1, -0.05) is 51.1 Å². The molecule has 0 aliphatic carbocycles. The third-order valence-electron chi connectivity index (χ3n) is 3.25. The molecule has 0 bridgehead atoms. The van der Waals surface area contributed by atoms with Gasteiger partial charge < -0.3 is 11.1 Å². The molecule has 0 aliphatic rings. The Balaban J connectivity index is 1.90. The van der Waals surface area contributed by atoms with Crippen molar-refractivity contribution in [2.45, 2.75) is 39.7 Å². The van der Waals surface area contributed by atoms with Crippen LogP contribution in [0.4, 0.5) is 5.82 Å². The van der Waals surface area contributed by atoms with Gasteiger partial charge >= 0.3 is 0 Å². The van der Waals surface area contributed by atoms with E-state index in [-0.39, 0.29) is 23.8 Å².